The Morgan fingerprint density at radius 3 is 2.50 bits per heavy atom. The highest BCUT2D eigenvalue weighted by Gasteiger charge is 2.29. The number of hydrogen-bond donors (Lipinski definition) is 2. The lowest BCUT2D eigenvalue weighted by molar-refractivity contribution is -0.114. The molecule has 2 aromatic carbocycles. The van der Waals surface area contributed by atoms with E-state index in [2.05, 4.69) is 15.2 Å². The van der Waals surface area contributed by atoms with Crippen molar-refractivity contribution in [2.75, 3.05) is 42.8 Å². The van der Waals surface area contributed by atoms with Gasteiger partial charge in [-0.25, -0.2) is 18.4 Å². The lowest BCUT2D eigenvalue weighted by atomic mass is 10.1. The summed E-state index contributed by atoms with van der Waals surface area (Å²) in [5.74, 6) is 0.925. The fourth-order valence-electron chi connectivity index (χ4n) is 4.44. The minimum absolute atomic E-state index is 0.197. The largest absolute Gasteiger partial charge is 0.378 e. The fraction of sp³-hybridized carbons (Fsp3) is 0.269. The monoisotopic (exact) mass is 505 g/mol. The van der Waals surface area contributed by atoms with E-state index in [4.69, 9.17) is 14.7 Å². The smallest absolute Gasteiger partial charge is 0.221 e. The first kappa shape index (κ1) is 24.0. The summed E-state index contributed by atoms with van der Waals surface area (Å²) in [5, 5.41) is 2.73. The molecule has 186 valence electrons. The van der Waals surface area contributed by atoms with Crippen LogP contribution < -0.4 is 10.2 Å². The molecule has 0 saturated carbocycles. The molecule has 2 N–H and O–H groups in total. The molecule has 9 nitrogen and oxygen atoms in total. The van der Waals surface area contributed by atoms with Crippen LogP contribution in [-0.4, -0.2) is 61.8 Å². The number of carbonyl (C=O) groups excluding carboxylic acids is 1. The third-order valence-electron chi connectivity index (χ3n) is 6.11. The second-order valence-corrected chi connectivity index (χ2v) is 11.0. The van der Waals surface area contributed by atoms with Crippen molar-refractivity contribution in [1.29, 1.82) is 0 Å². The molecule has 1 aliphatic rings. The minimum Gasteiger partial charge on any atom is -0.378 e. The van der Waals surface area contributed by atoms with Gasteiger partial charge in [-0.2, -0.15) is 0 Å². The first-order valence-electron chi connectivity index (χ1n) is 11.6. The van der Waals surface area contributed by atoms with E-state index in [1.165, 1.54) is 13.2 Å². The van der Waals surface area contributed by atoms with Gasteiger partial charge in [-0.15, -0.1) is 0 Å². The Bertz CT molecular complexity index is 1510. The van der Waals surface area contributed by atoms with E-state index in [-0.39, 0.29) is 5.91 Å². The summed E-state index contributed by atoms with van der Waals surface area (Å²) in [6, 6.07) is 16.4. The zero-order valence-electron chi connectivity index (χ0n) is 20.1. The minimum atomic E-state index is -3.60. The molecule has 1 atom stereocenters. The first-order valence-corrected chi connectivity index (χ1v) is 13.6. The van der Waals surface area contributed by atoms with Gasteiger partial charge in [0.2, 0.25) is 5.91 Å². The maximum absolute atomic E-state index is 13.1. The van der Waals surface area contributed by atoms with Crippen LogP contribution >= 0.6 is 0 Å². The molecule has 1 aliphatic heterocycles. The number of rotatable bonds is 6. The van der Waals surface area contributed by atoms with Crippen LogP contribution in [0.4, 0.5) is 11.5 Å². The predicted molar refractivity (Wildman–Crippen MR) is 140 cm³/mol. The molecule has 10 heteroatoms. The molecule has 36 heavy (non-hydrogen) atoms. The number of nitrogens with zero attached hydrogens (tertiary/aromatic N) is 3. The Labute approximate surface area is 209 Å². The normalized spacial score (nSPS) is 15.1. The van der Waals surface area contributed by atoms with E-state index in [0.29, 0.717) is 54.9 Å². The number of anilines is 2. The van der Waals surface area contributed by atoms with Crippen LogP contribution in [0.2, 0.25) is 0 Å². The number of fused-ring (bicyclic) bond motifs is 1. The number of aromatic amines is 1. The highest BCUT2D eigenvalue weighted by molar-refractivity contribution is 7.91. The van der Waals surface area contributed by atoms with Crippen molar-refractivity contribution in [3.05, 3.63) is 72.1 Å². The lowest BCUT2D eigenvalue weighted by Gasteiger charge is -2.29. The van der Waals surface area contributed by atoms with Gasteiger partial charge in [0.1, 0.15) is 11.1 Å². The molecule has 3 heterocycles. The van der Waals surface area contributed by atoms with E-state index in [1.54, 1.807) is 30.3 Å². The summed E-state index contributed by atoms with van der Waals surface area (Å²) in [4.78, 5) is 26.3. The Morgan fingerprint density at radius 2 is 1.81 bits per heavy atom. The maximum atomic E-state index is 13.1. The van der Waals surface area contributed by atoms with Gasteiger partial charge in [0.15, 0.2) is 15.7 Å². The number of amides is 1. The molecule has 1 amide bonds. The number of aromatic nitrogens is 3. The van der Waals surface area contributed by atoms with Gasteiger partial charge >= 0.3 is 0 Å². The van der Waals surface area contributed by atoms with Gasteiger partial charge in [0.25, 0.3) is 0 Å². The topological polar surface area (TPSA) is 117 Å². The third kappa shape index (κ3) is 5.09. The van der Waals surface area contributed by atoms with Crippen molar-refractivity contribution in [2.45, 2.75) is 12.2 Å². The van der Waals surface area contributed by atoms with E-state index in [0.717, 1.165) is 16.5 Å². The van der Waals surface area contributed by atoms with Crippen molar-refractivity contribution in [3.8, 4) is 11.4 Å². The van der Waals surface area contributed by atoms with Crippen molar-refractivity contribution in [3.63, 3.8) is 0 Å². The summed E-state index contributed by atoms with van der Waals surface area (Å²) < 4.78 is 31.7. The number of hydrogen-bond acceptors (Lipinski definition) is 7. The Kier molecular flexibility index (Phi) is 6.46. The number of nitrogens with one attached hydrogen (secondary N) is 2. The number of morpholine rings is 1. The van der Waals surface area contributed by atoms with Crippen LogP contribution in [0.1, 0.15) is 23.4 Å². The van der Waals surface area contributed by atoms with Crippen LogP contribution in [-0.2, 0) is 19.4 Å². The van der Waals surface area contributed by atoms with Gasteiger partial charge in [-0.1, -0.05) is 12.1 Å². The van der Waals surface area contributed by atoms with Gasteiger partial charge in [0.05, 0.1) is 18.9 Å². The molecule has 5 rings (SSSR count). The van der Waals surface area contributed by atoms with E-state index in [1.807, 2.05) is 30.5 Å². The van der Waals surface area contributed by atoms with Gasteiger partial charge in [-0.3, -0.25) is 4.79 Å². The fourth-order valence-corrected chi connectivity index (χ4v) is 5.66. The molecular formula is C26H27N5O4S. The van der Waals surface area contributed by atoms with Crippen molar-refractivity contribution in [2.24, 2.45) is 0 Å². The molecular weight excluding hydrogens is 478 g/mol. The zero-order chi connectivity index (χ0) is 25.3. The van der Waals surface area contributed by atoms with Gasteiger partial charge < -0.3 is 19.9 Å². The van der Waals surface area contributed by atoms with Crippen LogP contribution in [0.5, 0.6) is 0 Å². The molecule has 0 radical (unpaired) electrons. The van der Waals surface area contributed by atoms with Crippen molar-refractivity contribution >= 4 is 38.2 Å². The van der Waals surface area contributed by atoms with E-state index < -0.39 is 15.1 Å². The van der Waals surface area contributed by atoms with E-state index in [9.17, 15) is 13.2 Å². The van der Waals surface area contributed by atoms with Gasteiger partial charge in [-0.05, 0) is 42.0 Å². The van der Waals surface area contributed by atoms with Crippen LogP contribution in [0.3, 0.4) is 0 Å². The average molecular weight is 506 g/mol. The zero-order valence-corrected chi connectivity index (χ0v) is 20.9. The molecule has 1 fully saturated rings. The number of ether oxygens (including phenoxy) is 1. The maximum Gasteiger partial charge on any atom is 0.221 e. The van der Waals surface area contributed by atoms with Crippen LogP contribution in [0.15, 0.2) is 60.8 Å². The second-order valence-electron chi connectivity index (χ2n) is 8.87. The Morgan fingerprint density at radius 1 is 1.06 bits per heavy atom. The highest BCUT2D eigenvalue weighted by Crippen LogP contribution is 2.33. The highest BCUT2D eigenvalue weighted by atomic mass is 32.2. The third-order valence-corrected chi connectivity index (χ3v) is 7.48. The molecule has 0 bridgehead atoms. The average Bonchev–Trinajstić information content (AvgIpc) is 3.32. The molecule has 0 aliphatic carbocycles. The predicted octanol–water partition coefficient (Wildman–Crippen LogP) is 3.55. The van der Waals surface area contributed by atoms with Crippen LogP contribution in [0.25, 0.3) is 22.3 Å². The van der Waals surface area contributed by atoms with Crippen LogP contribution in [0, 0.1) is 0 Å². The quantitative estimate of drug-likeness (QED) is 0.411. The van der Waals surface area contributed by atoms with E-state index >= 15 is 0 Å². The standard InChI is InChI=1S/C26H27N5O4S/c1-17(32)28-21-6-3-18(4-7-21)25(36(2,33)34)23-16-24(31-11-13-35-14-12-31)30-26(29-23)20-5-8-22-19(15-20)9-10-27-22/h3-10,15-16,25,27H,11-14H2,1-2H3,(H,28,32). The van der Waals surface area contributed by atoms with Gasteiger partial charge in [0, 0.05) is 60.7 Å². The Balaban J connectivity index is 1.64. The molecule has 0 spiro atoms. The summed E-state index contributed by atoms with van der Waals surface area (Å²) >= 11 is 0. The lowest BCUT2D eigenvalue weighted by Crippen LogP contribution is -2.37. The summed E-state index contributed by atoms with van der Waals surface area (Å²) in [6.07, 6.45) is 3.08. The molecule has 1 unspecified atom stereocenters. The summed E-state index contributed by atoms with van der Waals surface area (Å²) in [5.41, 5.74) is 3.34. The number of benzene rings is 2. The molecule has 1 saturated heterocycles. The summed E-state index contributed by atoms with van der Waals surface area (Å²) in [7, 11) is -3.60. The molecule has 4 aromatic rings. The SMILES string of the molecule is CC(=O)Nc1ccc(C(c2cc(N3CCOCC3)nc(-c3ccc4[nH]ccc4c3)n2)S(C)(=O)=O)cc1. The second kappa shape index (κ2) is 9.71. The number of H-pyrrole nitrogens is 1. The van der Waals surface area contributed by atoms with Crippen molar-refractivity contribution < 1.29 is 17.9 Å². The summed E-state index contributed by atoms with van der Waals surface area (Å²) in [6.45, 7) is 3.88. The first-order chi connectivity index (χ1) is 17.3. The number of sulfone groups is 1. The van der Waals surface area contributed by atoms with Crippen molar-refractivity contribution in [1.82, 2.24) is 15.0 Å². The molecule has 2 aromatic heterocycles. The number of carbonyl (C=O) groups is 1. The Hall–Kier alpha value is -3.76.